The van der Waals surface area contributed by atoms with E-state index >= 15 is 0 Å². The summed E-state index contributed by atoms with van der Waals surface area (Å²) in [4.78, 5) is 12.7. The molecule has 0 aliphatic heterocycles. The van der Waals surface area contributed by atoms with Crippen LogP contribution in [0.3, 0.4) is 0 Å². The number of nitrogens with zero attached hydrogens (tertiary/aromatic N) is 1. The summed E-state index contributed by atoms with van der Waals surface area (Å²) in [7, 11) is 0. The van der Waals surface area contributed by atoms with Crippen molar-refractivity contribution in [3.63, 3.8) is 0 Å². The predicted molar refractivity (Wildman–Crippen MR) is 90.3 cm³/mol. The fraction of sp³-hybridized carbons (Fsp3) is 0.300. The average molecular weight is 306 g/mol. The van der Waals surface area contributed by atoms with Crippen LogP contribution >= 0.6 is 0 Å². The third-order valence-electron chi connectivity index (χ3n) is 4.54. The lowest BCUT2D eigenvalue weighted by atomic mass is 10.0. The summed E-state index contributed by atoms with van der Waals surface area (Å²) < 4.78 is 7.54. The van der Waals surface area contributed by atoms with E-state index in [0.717, 1.165) is 22.8 Å². The number of ether oxygens (including phenoxy) is 1. The number of carbonyl (C=O) groups excluding carboxylic acids is 1. The minimum atomic E-state index is -0.227. The monoisotopic (exact) mass is 306 g/mol. The number of esters is 1. The molecule has 4 rings (SSSR count). The number of carbonyl (C=O) groups is 1. The third kappa shape index (κ3) is 2.46. The highest BCUT2D eigenvalue weighted by Crippen LogP contribution is 2.31. The highest BCUT2D eigenvalue weighted by molar-refractivity contribution is 6.11. The second-order valence-corrected chi connectivity index (χ2v) is 6.19. The van der Waals surface area contributed by atoms with E-state index in [2.05, 4.69) is 28.8 Å². The minimum Gasteiger partial charge on any atom is -0.458 e. The molecule has 0 amide bonds. The smallest absolute Gasteiger partial charge is 0.404 e. The molecule has 3 heteroatoms. The van der Waals surface area contributed by atoms with E-state index in [4.69, 9.17) is 4.74 Å². The van der Waals surface area contributed by atoms with Crippen LogP contribution in [0.5, 0.6) is 0 Å². The zero-order valence-electron chi connectivity index (χ0n) is 13.3. The molecule has 0 spiro atoms. The Hall–Kier alpha value is -2.42. The van der Waals surface area contributed by atoms with Gasteiger partial charge in [0.05, 0.1) is 17.4 Å². The summed E-state index contributed by atoms with van der Waals surface area (Å²) in [6.45, 7) is 3.13. The van der Waals surface area contributed by atoms with Crippen LogP contribution in [0.2, 0.25) is 0 Å². The van der Waals surface area contributed by atoms with Gasteiger partial charge in [-0.1, -0.05) is 30.3 Å². The molecular weight excluding hydrogens is 286 g/mol. The molecule has 0 saturated heterocycles. The summed E-state index contributed by atoms with van der Waals surface area (Å²) >= 11 is 0. The Morgan fingerprint density at radius 3 is 2.39 bits per heavy atom. The van der Waals surface area contributed by atoms with Crippen LogP contribution in [-0.4, -0.2) is 12.6 Å². The van der Waals surface area contributed by atoms with Crippen molar-refractivity contribution in [1.29, 1.82) is 0 Å². The maximum atomic E-state index is 12.7. The van der Waals surface area contributed by atoms with Crippen LogP contribution in [0.15, 0.2) is 48.5 Å². The maximum absolute atomic E-state index is 12.7. The van der Waals surface area contributed by atoms with Crippen LogP contribution in [0.25, 0.3) is 21.7 Å². The van der Waals surface area contributed by atoms with Crippen LogP contribution in [0.4, 0.5) is 0 Å². The molecule has 23 heavy (non-hydrogen) atoms. The van der Waals surface area contributed by atoms with Gasteiger partial charge >= 0.3 is 5.97 Å². The first-order valence-corrected chi connectivity index (χ1v) is 8.30. The van der Waals surface area contributed by atoms with Crippen molar-refractivity contribution in [3.8, 4) is 0 Å². The molecule has 3 aromatic rings. The minimum absolute atomic E-state index is 0.227. The molecule has 116 valence electrons. The van der Waals surface area contributed by atoms with Crippen molar-refractivity contribution in [2.45, 2.75) is 26.3 Å². The SMILES string of the molecule is CCOC(=O)c1c2ccccc2c2ccccc2[n+]1CC1CC1. The van der Waals surface area contributed by atoms with Crippen molar-refractivity contribution >= 4 is 27.6 Å². The normalized spacial score (nSPS) is 14.3. The first kappa shape index (κ1) is 14.2. The van der Waals surface area contributed by atoms with Gasteiger partial charge in [-0.2, -0.15) is 4.57 Å². The van der Waals surface area contributed by atoms with E-state index in [1.807, 2.05) is 31.2 Å². The molecule has 1 aliphatic rings. The number of para-hydroxylation sites is 1. The van der Waals surface area contributed by atoms with E-state index in [1.165, 1.54) is 18.2 Å². The van der Waals surface area contributed by atoms with Gasteiger partial charge in [-0.15, -0.1) is 0 Å². The molecule has 1 heterocycles. The van der Waals surface area contributed by atoms with E-state index in [-0.39, 0.29) is 5.97 Å². The lowest BCUT2D eigenvalue weighted by Crippen LogP contribution is -2.43. The maximum Gasteiger partial charge on any atom is 0.404 e. The summed E-state index contributed by atoms with van der Waals surface area (Å²) in [6.07, 6.45) is 2.49. The molecule has 0 atom stereocenters. The zero-order chi connectivity index (χ0) is 15.8. The molecule has 0 radical (unpaired) electrons. The lowest BCUT2D eigenvalue weighted by Gasteiger charge is -2.10. The van der Waals surface area contributed by atoms with Gasteiger partial charge in [0, 0.05) is 17.4 Å². The average Bonchev–Trinajstić information content (AvgIpc) is 3.39. The Balaban J connectivity index is 2.09. The fourth-order valence-electron chi connectivity index (χ4n) is 3.29. The molecule has 1 saturated carbocycles. The molecule has 0 N–H and O–H groups in total. The van der Waals surface area contributed by atoms with Crippen molar-refractivity contribution in [1.82, 2.24) is 0 Å². The molecule has 2 aromatic carbocycles. The Bertz CT molecular complexity index is 897. The van der Waals surface area contributed by atoms with Crippen LogP contribution in [-0.2, 0) is 11.3 Å². The van der Waals surface area contributed by atoms with Crippen molar-refractivity contribution in [2.24, 2.45) is 5.92 Å². The fourth-order valence-corrected chi connectivity index (χ4v) is 3.29. The molecule has 3 nitrogen and oxygen atoms in total. The number of hydrogen-bond acceptors (Lipinski definition) is 2. The molecular formula is C20H20NO2+. The number of fused-ring (bicyclic) bond motifs is 3. The summed E-state index contributed by atoms with van der Waals surface area (Å²) in [5, 5.41) is 3.28. The highest BCUT2D eigenvalue weighted by atomic mass is 16.5. The molecule has 1 fully saturated rings. The van der Waals surface area contributed by atoms with Gasteiger partial charge in [0.2, 0.25) is 5.52 Å². The number of hydrogen-bond donors (Lipinski definition) is 0. The second kappa shape index (κ2) is 5.65. The van der Waals surface area contributed by atoms with Crippen LogP contribution in [0.1, 0.15) is 30.3 Å². The van der Waals surface area contributed by atoms with Crippen molar-refractivity contribution in [3.05, 3.63) is 54.2 Å². The number of benzene rings is 2. The molecule has 1 aliphatic carbocycles. The van der Waals surface area contributed by atoms with E-state index in [9.17, 15) is 4.79 Å². The van der Waals surface area contributed by atoms with Gasteiger partial charge in [0.25, 0.3) is 5.69 Å². The first-order chi connectivity index (χ1) is 11.3. The topological polar surface area (TPSA) is 30.2 Å². The van der Waals surface area contributed by atoms with Crippen LogP contribution in [0, 0.1) is 5.92 Å². The van der Waals surface area contributed by atoms with Crippen LogP contribution < -0.4 is 4.57 Å². The van der Waals surface area contributed by atoms with E-state index < -0.39 is 0 Å². The molecule has 0 unspecified atom stereocenters. The molecule has 1 aromatic heterocycles. The lowest BCUT2D eigenvalue weighted by molar-refractivity contribution is -0.675. The largest absolute Gasteiger partial charge is 0.458 e. The Kier molecular flexibility index (Phi) is 3.49. The quantitative estimate of drug-likeness (QED) is 0.416. The number of pyridine rings is 1. The van der Waals surface area contributed by atoms with Gasteiger partial charge in [-0.3, -0.25) is 0 Å². The Morgan fingerprint density at radius 1 is 1.04 bits per heavy atom. The highest BCUT2D eigenvalue weighted by Gasteiger charge is 2.33. The Labute approximate surface area is 135 Å². The zero-order valence-corrected chi connectivity index (χ0v) is 13.3. The predicted octanol–water partition coefficient (Wildman–Crippen LogP) is 3.87. The Morgan fingerprint density at radius 2 is 1.70 bits per heavy atom. The van der Waals surface area contributed by atoms with Gasteiger partial charge in [-0.05, 0) is 31.9 Å². The van der Waals surface area contributed by atoms with Gasteiger partial charge < -0.3 is 4.74 Å². The summed E-state index contributed by atoms with van der Waals surface area (Å²) in [5.41, 5.74) is 1.80. The molecule has 0 bridgehead atoms. The van der Waals surface area contributed by atoms with Crippen molar-refractivity contribution < 1.29 is 14.1 Å². The standard InChI is InChI=1S/C20H20NO2/c1-2-23-20(22)19-17-9-4-3-7-15(17)16-8-5-6-10-18(16)21(19)13-14-11-12-14/h3-10,14H,2,11-13H2,1H3/q+1. The summed E-state index contributed by atoms with van der Waals surface area (Å²) in [5.74, 6) is 0.452. The third-order valence-corrected chi connectivity index (χ3v) is 4.54. The van der Waals surface area contributed by atoms with Gasteiger partial charge in [-0.25, -0.2) is 4.79 Å². The summed E-state index contributed by atoms with van der Waals surface area (Å²) in [6, 6.07) is 16.5. The van der Waals surface area contributed by atoms with Crippen molar-refractivity contribution in [2.75, 3.05) is 6.61 Å². The number of rotatable bonds is 4. The second-order valence-electron chi connectivity index (χ2n) is 6.19. The van der Waals surface area contributed by atoms with E-state index in [0.29, 0.717) is 18.2 Å². The number of aromatic nitrogens is 1. The van der Waals surface area contributed by atoms with E-state index in [1.54, 1.807) is 0 Å². The van der Waals surface area contributed by atoms with Gasteiger partial charge in [0.1, 0.15) is 0 Å². The first-order valence-electron chi connectivity index (χ1n) is 8.30. The van der Waals surface area contributed by atoms with Gasteiger partial charge in [0.15, 0.2) is 6.54 Å².